The van der Waals surface area contributed by atoms with E-state index < -0.39 is 18.1 Å². The summed E-state index contributed by atoms with van der Waals surface area (Å²) in [6.07, 6.45) is 0. The molecule has 0 saturated carbocycles. The van der Waals surface area contributed by atoms with Gasteiger partial charge >= 0.3 is 37.9 Å². The van der Waals surface area contributed by atoms with Crippen molar-refractivity contribution >= 4 is 19.8 Å². The molecule has 8 heteroatoms. The Morgan fingerprint density at radius 2 is 0.625 bits per heavy atom. The second-order valence-electron chi connectivity index (χ2n) is 2.89. The van der Waals surface area contributed by atoms with E-state index in [0.717, 1.165) is 0 Å². The summed E-state index contributed by atoms with van der Waals surface area (Å²) in [5.41, 5.74) is 0. The minimum absolute atomic E-state index is 0. The quantitative estimate of drug-likeness (QED) is 0.442. The summed E-state index contributed by atoms with van der Waals surface area (Å²) >= 11 is -5.44. The van der Waals surface area contributed by atoms with E-state index in [1.807, 2.05) is 0 Å². The molecule has 0 aliphatic carbocycles. The van der Waals surface area contributed by atoms with Crippen molar-refractivity contribution in [2.45, 2.75) is 0 Å². The fourth-order valence-electron chi connectivity index (χ4n) is 0. The number of rotatable bonds is 0. The van der Waals surface area contributed by atoms with E-state index >= 15 is 0 Å². The molecule has 0 fully saturated rings. The Hall–Kier alpha value is 2.27. The van der Waals surface area contributed by atoms with E-state index in [4.69, 9.17) is 19.8 Å². The first kappa shape index (κ1) is 12.9. The second-order valence-corrected chi connectivity index (χ2v) is 21.0. The third-order valence-corrected chi connectivity index (χ3v) is 0. The van der Waals surface area contributed by atoms with Crippen LogP contribution in [0.15, 0.2) is 0 Å². The fraction of sp³-hybridized carbons (Fsp3) is 0. The Morgan fingerprint density at radius 1 is 0.625 bits per heavy atom. The zero-order valence-corrected chi connectivity index (χ0v) is 10.1. The summed E-state index contributed by atoms with van der Waals surface area (Å²) in [4.78, 5) is 0. The molecule has 0 saturated heterocycles. The normalized spacial score (nSPS) is 21.0. The predicted molar refractivity (Wildman–Crippen MR) is 34.5 cm³/mol. The molecule has 0 aromatic heterocycles. The summed E-state index contributed by atoms with van der Waals surface area (Å²) in [5.74, 6) is 0. The molecule has 0 unspecified atom stereocenters. The smallest absolute Gasteiger partial charge is 0 e. The molecule has 0 spiro atoms. The minimum Gasteiger partial charge on any atom is 0 e. The maximum atomic E-state index is 4.94. The molecule has 0 atom stereocenters. The third-order valence-electron chi connectivity index (χ3n) is 0. The van der Waals surface area contributed by atoms with Crippen LogP contribution < -0.4 is 0 Å². The van der Waals surface area contributed by atoms with Crippen LogP contribution in [0.25, 0.3) is 0 Å². The maximum absolute atomic E-state index is 5.44. The fourth-order valence-corrected chi connectivity index (χ4v) is 0. The van der Waals surface area contributed by atoms with Gasteiger partial charge in [0.1, 0.15) is 0 Å². The summed E-state index contributed by atoms with van der Waals surface area (Å²) in [6, 6.07) is 0. The molecule has 0 amide bonds. The second kappa shape index (κ2) is 2.13. The monoisotopic (exact) mass is 303 g/mol. The van der Waals surface area contributed by atoms with Gasteiger partial charge in [-0.05, 0) is 0 Å². The van der Waals surface area contributed by atoms with Crippen molar-refractivity contribution in [3.8, 4) is 0 Å². The molecular formula is B6LaMo. The molecule has 0 heterocycles. The molecule has 0 aliphatic heterocycles. The summed E-state index contributed by atoms with van der Waals surface area (Å²) in [6.45, 7) is 0. The molecular weight excluding hydrogens is 300 g/mol. The van der Waals surface area contributed by atoms with Crippen LogP contribution in [0.2, 0.25) is 0 Å². The molecule has 8 heavy (non-hydrogen) atoms. The predicted octanol–water partition coefficient (Wildman–Crippen LogP) is -2.29. The van der Waals surface area contributed by atoms with Gasteiger partial charge in [-0.15, -0.1) is 0 Å². The average Bonchev–Trinajstić information content (AvgIpc) is 0.592. The van der Waals surface area contributed by atoms with E-state index in [-0.39, 0.29) is 21.1 Å². The van der Waals surface area contributed by atoms with Gasteiger partial charge in [0.05, 0.1) is 0 Å². The number of hydrogen-bond donors (Lipinski definition) is 0. The van der Waals surface area contributed by atoms with Crippen molar-refractivity contribution < 1.29 is 39.1 Å². The molecule has 0 N–H and O–H groups in total. The van der Waals surface area contributed by atoms with E-state index in [1.54, 1.807) is 0 Å². The summed E-state index contributed by atoms with van der Waals surface area (Å²) in [7, 11) is 0. The molecule has 0 aliphatic rings. The summed E-state index contributed by atoms with van der Waals surface area (Å²) < 4.78 is 29.7. The molecule has 0 radical (unpaired) electrons. The van der Waals surface area contributed by atoms with Crippen LogP contribution in [0, 0.1) is 18.1 Å². The largest absolute Gasteiger partial charge is 0 e. The summed E-state index contributed by atoms with van der Waals surface area (Å²) in [5, 5.41) is 0. The van der Waals surface area contributed by atoms with Gasteiger partial charge < -0.3 is 0 Å². The van der Waals surface area contributed by atoms with Crippen molar-refractivity contribution in [1.82, 2.24) is 0 Å². The van der Waals surface area contributed by atoms with Crippen LogP contribution in [0.4, 0.5) is 0 Å². The van der Waals surface area contributed by atoms with Crippen LogP contribution >= 0.6 is 0 Å². The van der Waals surface area contributed by atoms with E-state index in [1.165, 1.54) is 0 Å². The Labute approximate surface area is 57.6 Å². The molecule has 0 aromatic carbocycles. The van der Waals surface area contributed by atoms with Crippen molar-refractivity contribution in [2.24, 2.45) is 0 Å². The van der Waals surface area contributed by atoms with Crippen LogP contribution in [0.5, 0.6) is 0 Å². The molecule has 0 nitrogen and oxygen atoms in total. The zero-order valence-electron chi connectivity index (χ0n) is 4.45. The SMILES string of the molecule is [B]#[La](#[B])(#[B])(#[B])(#[B])#[B].[Mo]. The molecule has 0 rings (SSSR count). The Balaban J connectivity index is 0. The molecule has 0 aromatic rings. The Kier molecular flexibility index (Phi) is 3.43. The van der Waals surface area contributed by atoms with Crippen molar-refractivity contribution in [2.75, 3.05) is 0 Å². The Morgan fingerprint density at radius 3 is 0.625 bits per heavy atom. The van der Waals surface area contributed by atoms with Gasteiger partial charge in [0.15, 0.2) is 0 Å². The topological polar surface area (TPSA) is 0 Å². The number of hydrogen-bond acceptors (Lipinski definition) is 0. The minimum atomic E-state index is -5.44. The first-order chi connectivity index (χ1) is 2.45. The van der Waals surface area contributed by atoms with Crippen molar-refractivity contribution in [3.05, 3.63) is 0 Å². The first-order valence-electron chi connectivity index (χ1n) is 2.00. The van der Waals surface area contributed by atoms with Gasteiger partial charge in [-0.2, -0.15) is 0 Å². The molecule has 27 valence electrons. The first-order valence-corrected chi connectivity index (χ1v) is 14.6. The van der Waals surface area contributed by atoms with Crippen molar-refractivity contribution in [1.29, 1.82) is 0 Å². The van der Waals surface area contributed by atoms with Gasteiger partial charge in [0.2, 0.25) is 0 Å². The Bertz CT molecular complexity index is 1200. The van der Waals surface area contributed by atoms with Crippen LogP contribution in [0.3, 0.4) is 0 Å². The van der Waals surface area contributed by atoms with Crippen LogP contribution in [-0.2, 0) is 21.1 Å². The van der Waals surface area contributed by atoms with Gasteiger partial charge in [-0.25, -0.2) is 0 Å². The van der Waals surface area contributed by atoms with Crippen LogP contribution in [-0.4, -0.2) is 19.8 Å². The standard InChI is InChI=1S/6B.La.Mo. The maximum Gasteiger partial charge on any atom is 0 e. The van der Waals surface area contributed by atoms with Gasteiger partial charge in [-0.3, -0.25) is 0 Å². The third kappa shape index (κ3) is 84.7. The van der Waals surface area contributed by atoms with Gasteiger partial charge in [-0.1, -0.05) is 0 Å². The van der Waals surface area contributed by atoms with E-state index in [9.17, 15) is 0 Å². The van der Waals surface area contributed by atoms with E-state index in [0.29, 0.717) is 0 Å². The molecule has 0 bridgehead atoms. The van der Waals surface area contributed by atoms with Crippen LogP contribution in [0.1, 0.15) is 0 Å². The van der Waals surface area contributed by atoms with E-state index in [2.05, 4.69) is 0 Å². The van der Waals surface area contributed by atoms with Gasteiger partial charge in [0.25, 0.3) is 0 Å². The van der Waals surface area contributed by atoms with Gasteiger partial charge in [0, 0.05) is 21.1 Å². The average molecular weight is 300 g/mol. The van der Waals surface area contributed by atoms with Crippen molar-refractivity contribution in [3.63, 3.8) is 0 Å². The zero-order chi connectivity index (χ0) is 6.41.